The average Bonchev–Trinajstić information content (AvgIpc) is 2.06. The number of hydrogen-bond donors (Lipinski definition) is 2. The van der Waals surface area contributed by atoms with Crippen molar-refractivity contribution in [2.75, 3.05) is 12.9 Å². The second-order valence-electron chi connectivity index (χ2n) is 4.53. The highest BCUT2D eigenvalue weighted by Gasteiger charge is 2.25. The van der Waals surface area contributed by atoms with Crippen LogP contribution >= 0.6 is 0 Å². The van der Waals surface area contributed by atoms with Gasteiger partial charge in [0.25, 0.3) is 10.1 Å². The van der Waals surface area contributed by atoms with Crippen LogP contribution in [0.2, 0.25) is 0 Å². The third-order valence-electron chi connectivity index (χ3n) is 1.44. The Morgan fingerprint density at radius 3 is 2.17 bits per heavy atom. The zero-order chi connectivity index (χ0) is 14.6. The Morgan fingerprint density at radius 1 is 1.33 bits per heavy atom. The maximum Gasteiger partial charge on any atom is 0.408 e. The van der Waals surface area contributed by atoms with Crippen LogP contribution in [0.5, 0.6) is 0 Å². The Hall–Kier alpha value is -1.35. The fourth-order valence-electron chi connectivity index (χ4n) is 0.816. The van der Waals surface area contributed by atoms with E-state index in [1.165, 1.54) is 0 Å². The first-order valence-electron chi connectivity index (χ1n) is 4.97. The number of hydrogen-bond acceptors (Lipinski definition) is 6. The van der Waals surface area contributed by atoms with Gasteiger partial charge >= 0.3 is 12.1 Å². The summed E-state index contributed by atoms with van der Waals surface area (Å²) in [7, 11) is -3.78. The van der Waals surface area contributed by atoms with Gasteiger partial charge in [0.1, 0.15) is 5.60 Å². The highest BCUT2D eigenvalue weighted by Crippen LogP contribution is 2.07. The third kappa shape index (κ3) is 8.76. The van der Waals surface area contributed by atoms with Crippen molar-refractivity contribution in [3.05, 3.63) is 0 Å². The third-order valence-corrected chi connectivity index (χ3v) is 2.00. The monoisotopic (exact) mass is 283 g/mol. The fraction of sp³-hybridized carbons (Fsp3) is 0.778. The molecular formula is C9H17NO7S. The quantitative estimate of drug-likeness (QED) is 0.678. The molecule has 0 bridgehead atoms. The summed E-state index contributed by atoms with van der Waals surface area (Å²) >= 11 is 0. The molecule has 1 amide bonds. The van der Waals surface area contributed by atoms with Gasteiger partial charge in [-0.15, -0.1) is 0 Å². The number of carboxylic acids is 1. The van der Waals surface area contributed by atoms with Crippen LogP contribution in [0.1, 0.15) is 20.8 Å². The lowest BCUT2D eigenvalue weighted by Gasteiger charge is -2.21. The van der Waals surface area contributed by atoms with Gasteiger partial charge in [0, 0.05) is 0 Å². The van der Waals surface area contributed by atoms with Gasteiger partial charge in [-0.25, -0.2) is 9.59 Å². The summed E-state index contributed by atoms with van der Waals surface area (Å²) in [5.41, 5.74) is -0.787. The minimum atomic E-state index is -3.78. The lowest BCUT2D eigenvalue weighted by Crippen LogP contribution is -2.46. The molecule has 0 saturated heterocycles. The molecule has 0 aliphatic carbocycles. The molecule has 0 spiro atoms. The molecule has 2 N–H and O–H groups in total. The van der Waals surface area contributed by atoms with Crippen LogP contribution in [-0.2, 0) is 23.8 Å². The number of carbonyl (C=O) groups excluding carboxylic acids is 1. The van der Waals surface area contributed by atoms with E-state index in [2.05, 4.69) is 4.18 Å². The molecule has 0 rings (SSSR count). The largest absolute Gasteiger partial charge is 0.480 e. The second-order valence-corrected chi connectivity index (χ2v) is 6.17. The zero-order valence-electron chi connectivity index (χ0n) is 10.6. The SMILES string of the molecule is CC(C)(C)OC(=O)NC(COS(C)(=O)=O)C(=O)O. The molecule has 0 heterocycles. The molecule has 0 fully saturated rings. The van der Waals surface area contributed by atoms with Crippen molar-refractivity contribution in [3.8, 4) is 0 Å². The topological polar surface area (TPSA) is 119 Å². The summed E-state index contributed by atoms with van der Waals surface area (Å²) in [6.07, 6.45) is -0.189. The van der Waals surface area contributed by atoms with Gasteiger partial charge in [-0.05, 0) is 20.8 Å². The number of amides is 1. The van der Waals surface area contributed by atoms with Crippen molar-refractivity contribution in [2.24, 2.45) is 0 Å². The zero-order valence-corrected chi connectivity index (χ0v) is 11.4. The van der Waals surface area contributed by atoms with Crippen LogP contribution in [0.15, 0.2) is 0 Å². The van der Waals surface area contributed by atoms with Crippen molar-refractivity contribution in [3.63, 3.8) is 0 Å². The van der Waals surface area contributed by atoms with Gasteiger partial charge in [-0.3, -0.25) is 4.18 Å². The molecule has 0 aliphatic heterocycles. The van der Waals surface area contributed by atoms with E-state index in [-0.39, 0.29) is 0 Å². The molecule has 0 radical (unpaired) electrons. The molecule has 8 nitrogen and oxygen atoms in total. The smallest absolute Gasteiger partial charge is 0.408 e. The predicted molar refractivity (Wildman–Crippen MR) is 61.6 cm³/mol. The number of nitrogens with one attached hydrogen (secondary N) is 1. The van der Waals surface area contributed by atoms with Crippen LogP contribution in [0.25, 0.3) is 0 Å². The Kier molecular flexibility index (Phi) is 5.55. The maximum atomic E-state index is 11.3. The van der Waals surface area contributed by atoms with Crippen molar-refractivity contribution in [1.29, 1.82) is 0 Å². The first kappa shape index (κ1) is 16.6. The van der Waals surface area contributed by atoms with Crippen molar-refractivity contribution >= 4 is 22.2 Å². The fourth-order valence-corrected chi connectivity index (χ4v) is 1.20. The van der Waals surface area contributed by atoms with E-state index >= 15 is 0 Å². The van der Waals surface area contributed by atoms with E-state index in [0.29, 0.717) is 0 Å². The van der Waals surface area contributed by atoms with Gasteiger partial charge in [-0.2, -0.15) is 8.42 Å². The first-order chi connectivity index (χ1) is 7.91. The number of carboxylic acid groups (broad SMARTS) is 1. The van der Waals surface area contributed by atoms with E-state index in [1.807, 2.05) is 5.32 Å². The molecule has 1 unspecified atom stereocenters. The molecule has 0 aromatic rings. The normalized spacial score (nSPS) is 13.8. The number of ether oxygens (including phenoxy) is 1. The van der Waals surface area contributed by atoms with E-state index < -0.39 is 40.4 Å². The highest BCUT2D eigenvalue weighted by atomic mass is 32.2. The van der Waals surface area contributed by atoms with E-state index in [4.69, 9.17) is 9.84 Å². The number of alkyl carbamates (subject to hydrolysis) is 1. The summed E-state index contributed by atoms with van der Waals surface area (Å²) < 4.78 is 30.6. The Bertz CT molecular complexity index is 409. The van der Waals surface area contributed by atoms with Gasteiger partial charge in [0.05, 0.1) is 12.9 Å². The van der Waals surface area contributed by atoms with E-state index in [1.54, 1.807) is 20.8 Å². The molecule has 9 heteroatoms. The van der Waals surface area contributed by atoms with Gasteiger partial charge in [-0.1, -0.05) is 0 Å². The lowest BCUT2D eigenvalue weighted by atomic mass is 10.2. The second kappa shape index (κ2) is 6.01. The maximum absolute atomic E-state index is 11.3. The van der Waals surface area contributed by atoms with Crippen LogP contribution in [-0.4, -0.2) is 50.1 Å². The molecule has 0 aromatic heterocycles. The number of carbonyl (C=O) groups is 2. The van der Waals surface area contributed by atoms with Gasteiger partial charge in [0.2, 0.25) is 0 Å². The molecule has 0 saturated carbocycles. The summed E-state index contributed by atoms with van der Waals surface area (Å²) in [5, 5.41) is 10.8. The van der Waals surface area contributed by atoms with Crippen molar-refractivity contribution in [1.82, 2.24) is 5.32 Å². The Balaban J connectivity index is 4.46. The molecule has 106 valence electrons. The average molecular weight is 283 g/mol. The van der Waals surface area contributed by atoms with E-state index in [9.17, 15) is 18.0 Å². The minimum Gasteiger partial charge on any atom is -0.480 e. The Morgan fingerprint density at radius 2 is 1.83 bits per heavy atom. The minimum absolute atomic E-state index is 0.701. The summed E-state index contributed by atoms with van der Waals surface area (Å²) in [6.45, 7) is 4.12. The number of aliphatic carboxylic acids is 1. The summed E-state index contributed by atoms with van der Waals surface area (Å²) in [4.78, 5) is 22.1. The van der Waals surface area contributed by atoms with Crippen molar-refractivity contribution < 1.29 is 32.0 Å². The van der Waals surface area contributed by atoms with E-state index in [0.717, 1.165) is 6.26 Å². The predicted octanol–water partition coefficient (Wildman–Crippen LogP) is -0.0595. The van der Waals surface area contributed by atoms with Crippen LogP contribution in [0.3, 0.4) is 0 Å². The molecule has 0 aliphatic rings. The van der Waals surface area contributed by atoms with Crippen LogP contribution in [0.4, 0.5) is 4.79 Å². The Labute approximate surface area is 105 Å². The highest BCUT2D eigenvalue weighted by molar-refractivity contribution is 7.85. The molecule has 0 aromatic carbocycles. The van der Waals surface area contributed by atoms with Crippen LogP contribution < -0.4 is 5.32 Å². The lowest BCUT2D eigenvalue weighted by molar-refractivity contribution is -0.140. The van der Waals surface area contributed by atoms with Crippen LogP contribution in [0, 0.1) is 0 Å². The molecular weight excluding hydrogens is 266 g/mol. The number of rotatable bonds is 5. The summed E-state index contributed by atoms with van der Waals surface area (Å²) in [5.74, 6) is -1.43. The first-order valence-corrected chi connectivity index (χ1v) is 6.79. The van der Waals surface area contributed by atoms with Gasteiger partial charge in [0.15, 0.2) is 6.04 Å². The molecule has 1 atom stereocenters. The summed E-state index contributed by atoms with van der Waals surface area (Å²) in [6, 6.07) is -1.51. The standard InChI is InChI=1S/C9H17NO7S/c1-9(2,3)17-8(13)10-6(7(11)12)5-16-18(4,14)15/h6H,5H2,1-4H3,(H,10,13)(H,11,12). The van der Waals surface area contributed by atoms with Crippen molar-refractivity contribution in [2.45, 2.75) is 32.4 Å². The van der Waals surface area contributed by atoms with Gasteiger partial charge < -0.3 is 15.2 Å². The molecule has 18 heavy (non-hydrogen) atoms.